The van der Waals surface area contributed by atoms with E-state index in [-0.39, 0.29) is 11.8 Å². The minimum atomic E-state index is -0.496. The molecule has 2 N–H and O–H groups in total. The van der Waals surface area contributed by atoms with Crippen LogP contribution in [0.25, 0.3) is 11.1 Å². The molecule has 0 bridgehead atoms. The molecule has 1 amide bonds. The van der Waals surface area contributed by atoms with Crippen LogP contribution in [0.2, 0.25) is 0 Å². The molecule has 0 atom stereocenters. The van der Waals surface area contributed by atoms with Crippen LogP contribution in [-0.2, 0) is 4.74 Å². The molecule has 10 heteroatoms. The Labute approximate surface area is 223 Å². The monoisotopic (exact) mass is 515 g/mol. The molecule has 38 heavy (non-hydrogen) atoms. The second-order valence-electron chi connectivity index (χ2n) is 10.2. The van der Waals surface area contributed by atoms with Gasteiger partial charge in [0.1, 0.15) is 29.1 Å². The fourth-order valence-corrected chi connectivity index (χ4v) is 4.15. The quantitative estimate of drug-likeness (QED) is 0.435. The van der Waals surface area contributed by atoms with Gasteiger partial charge in [-0.3, -0.25) is 0 Å². The average Bonchev–Trinajstić information content (AvgIpc) is 2.92. The van der Waals surface area contributed by atoms with Crippen LogP contribution in [0.5, 0.6) is 5.75 Å². The molecule has 198 valence electrons. The molecule has 10 nitrogen and oxygen atoms in total. The molecule has 1 saturated heterocycles. The van der Waals surface area contributed by atoms with Gasteiger partial charge in [0, 0.05) is 43.1 Å². The number of carbonyl (C=O) groups excluding carboxylic acids is 1. The number of hydrogen-bond donors (Lipinski definition) is 2. The highest BCUT2D eigenvalue weighted by Gasteiger charge is 2.27. The number of nitriles is 1. The number of amides is 1. The number of carbonyl (C=O) groups is 1. The lowest BCUT2D eigenvalue weighted by molar-refractivity contribution is 0.0188. The fourth-order valence-electron chi connectivity index (χ4n) is 4.15. The first-order valence-corrected chi connectivity index (χ1v) is 12.6. The molecule has 0 radical (unpaired) electrons. The van der Waals surface area contributed by atoms with Gasteiger partial charge in [-0.1, -0.05) is 12.1 Å². The second kappa shape index (κ2) is 11.8. The second-order valence-corrected chi connectivity index (χ2v) is 10.2. The van der Waals surface area contributed by atoms with E-state index in [1.807, 2.05) is 63.4 Å². The van der Waals surface area contributed by atoms with Gasteiger partial charge >= 0.3 is 6.09 Å². The van der Waals surface area contributed by atoms with Gasteiger partial charge in [-0.25, -0.2) is 19.7 Å². The summed E-state index contributed by atoms with van der Waals surface area (Å²) in [5.74, 6) is 2.29. The third kappa shape index (κ3) is 7.09. The van der Waals surface area contributed by atoms with E-state index in [1.54, 1.807) is 12.0 Å². The molecular formula is C28H33N7O3. The lowest BCUT2D eigenvalue weighted by atomic mass is 9.96. The number of hydrogen-bond acceptors (Lipinski definition) is 9. The van der Waals surface area contributed by atoms with E-state index in [9.17, 15) is 4.79 Å². The lowest BCUT2D eigenvalue weighted by Gasteiger charge is -2.33. The Morgan fingerprint density at radius 1 is 1.08 bits per heavy atom. The van der Waals surface area contributed by atoms with Crippen molar-refractivity contribution in [2.75, 3.05) is 37.4 Å². The van der Waals surface area contributed by atoms with Crippen LogP contribution in [0.15, 0.2) is 48.9 Å². The first kappa shape index (κ1) is 26.7. The number of benzene rings is 1. The first-order chi connectivity index (χ1) is 18.2. The van der Waals surface area contributed by atoms with Gasteiger partial charge in [0.15, 0.2) is 5.69 Å². The van der Waals surface area contributed by atoms with Gasteiger partial charge < -0.3 is 25.0 Å². The van der Waals surface area contributed by atoms with Crippen LogP contribution in [0, 0.1) is 17.2 Å². The molecule has 1 aliphatic heterocycles. The van der Waals surface area contributed by atoms with E-state index in [0.717, 1.165) is 42.0 Å². The third-order valence-corrected chi connectivity index (χ3v) is 6.17. The molecule has 0 saturated carbocycles. The van der Waals surface area contributed by atoms with Crippen molar-refractivity contribution in [1.82, 2.24) is 19.9 Å². The minimum Gasteiger partial charge on any atom is -0.497 e. The van der Waals surface area contributed by atoms with Crippen molar-refractivity contribution in [3.8, 4) is 22.9 Å². The van der Waals surface area contributed by atoms with Gasteiger partial charge in [-0.05, 0) is 57.2 Å². The maximum absolute atomic E-state index is 12.4. The molecule has 0 aliphatic carbocycles. The van der Waals surface area contributed by atoms with Crippen molar-refractivity contribution >= 4 is 23.4 Å². The van der Waals surface area contributed by atoms with Crippen LogP contribution in [-0.4, -0.2) is 58.3 Å². The Morgan fingerprint density at radius 2 is 1.79 bits per heavy atom. The largest absolute Gasteiger partial charge is 0.497 e. The van der Waals surface area contributed by atoms with E-state index in [1.165, 1.54) is 12.4 Å². The van der Waals surface area contributed by atoms with Crippen molar-refractivity contribution in [2.45, 2.75) is 39.2 Å². The molecule has 2 aromatic heterocycles. The highest BCUT2D eigenvalue weighted by Crippen LogP contribution is 2.32. The fraction of sp³-hybridized carbons (Fsp3) is 0.393. The number of anilines is 3. The number of methoxy groups -OCH3 is 1. The Morgan fingerprint density at radius 3 is 2.39 bits per heavy atom. The van der Waals surface area contributed by atoms with E-state index in [0.29, 0.717) is 30.6 Å². The topological polar surface area (TPSA) is 125 Å². The summed E-state index contributed by atoms with van der Waals surface area (Å²) in [6.45, 7) is 7.75. The van der Waals surface area contributed by atoms with Crippen LogP contribution in [0.4, 0.5) is 22.1 Å². The summed E-state index contributed by atoms with van der Waals surface area (Å²) in [6.07, 6.45) is 6.26. The maximum atomic E-state index is 12.4. The van der Waals surface area contributed by atoms with Gasteiger partial charge in [-0.15, -0.1) is 0 Å². The number of pyridine rings is 1. The van der Waals surface area contributed by atoms with Crippen molar-refractivity contribution in [3.63, 3.8) is 0 Å². The third-order valence-electron chi connectivity index (χ3n) is 6.17. The Kier molecular flexibility index (Phi) is 8.26. The molecule has 0 unspecified atom stereocenters. The zero-order valence-corrected chi connectivity index (χ0v) is 22.2. The summed E-state index contributed by atoms with van der Waals surface area (Å²) in [4.78, 5) is 27.1. The Balaban J connectivity index is 1.47. The lowest BCUT2D eigenvalue weighted by Crippen LogP contribution is -2.42. The number of ether oxygens (including phenoxy) is 2. The van der Waals surface area contributed by atoms with Crippen molar-refractivity contribution < 1.29 is 14.3 Å². The molecule has 0 spiro atoms. The Bertz CT molecular complexity index is 1270. The highest BCUT2D eigenvalue weighted by atomic mass is 16.6. The predicted octanol–water partition coefficient (Wildman–Crippen LogP) is 5.22. The first-order valence-electron chi connectivity index (χ1n) is 12.6. The Hall–Kier alpha value is -4.39. The summed E-state index contributed by atoms with van der Waals surface area (Å²) < 4.78 is 10.8. The normalized spacial score (nSPS) is 13.9. The smallest absolute Gasteiger partial charge is 0.410 e. The molecule has 1 aromatic carbocycles. The van der Waals surface area contributed by atoms with E-state index in [4.69, 9.17) is 14.7 Å². The summed E-state index contributed by atoms with van der Waals surface area (Å²) in [7, 11) is 1.64. The number of nitrogens with one attached hydrogen (secondary N) is 2. The molecule has 1 fully saturated rings. The number of aromatic nitrogens is 3. The SMILES string of the molecule is COc1ccc(-c2cnc(Nc3cnc(C#N)cn3)cc2NCC2CCN(C(=O)OC(C)(C)C)CC2)cc1. The molecule has 3 heterocycles. The van der Waals surface area contributed by atoms with Crippen LogP contribution in [0.1, 0.15) is 39.3 Å². The summed E-state index contributed by atoms with van der Waals surface area (Å²) >= 11 is 0. The minimum absolute atomic E-state index is 0.249. The van der Waals surface area contributed by atoms with Crippen molar-refractivity contribution in [2.24, 2.45) is 5.92 Å². The van der Waals surface area contributed by atoms with E-state index in [2.05, 4.69) is 25.6 Å². The van der Waals surface area contributed by atoms with Gasteiger partial charge in [0.2, 0.25) is 0 Å². The number of rotatable bonds is 7. The molecule has 4 rings (SSSR count). The predicted molar refractivity (Wildman–Crippen MR) is 145 cm³/mol. The van der Waals surface area contributed by atoms with Crippen LogP contribution in [0.3, 0.4) is 0 Å². The zero-order chi connectivity index (χ0) is 27.1. The zero-order valence-electron chi connectivity index (χ0n) is 22.2. The summed E-state index contributed by atoms with van der Waals surface area (Å²) in [5.41, 5.74) is 2.63. The van der Waals surface area contributed by atoms with Crippen LogP contribution < -0.4 is 15.4 Å². The highest BCUT2D eigenvalue weighted by molar-refractivity contribution is 5.80. The van der Waals surface area contributed by atoms with Gasteiger partial charge in [0.25, 0.3) is 0 Å². The maximum Gasteiger partial charge on any atom is 0.410 e. The van der Waals surface area contributed by atoms with Gasteiger partial charge in [-0.2, -0.15) is 5.26 Å². The number of likely N-dealkylation sites (tertiary alicyclic amines) is 1. The molecule has 3 aromatic rings. The summed E-state index contributed by atoms with van der Waals surface area (Å²) in [5, 5.41) is 15.7. The standard InChI is InChI=1S/C28H33N7O3/c1-28(2,3)38-27(36)35-11-9-19(10-12-35)15-31-24-13-25(34-26-18-30-21(14-29)16-32-26)33-17-23(24)20-5-7-22(37-4)8-6-20/h5-8,13,16-19H,9-12,15H2,1-4H3,(H2,31,32,33,34). The van der Waals surface area contributed by atoms with Crippen molar-refractivity contribution in [1.29, 1.82) is 5.26 Å². The van der Waals surface area contributed by atoms with Gasteiger partial charge in [0.05, 0.1) is 19.5 Å². The molecular weight excluding hydrogens is 482 g/mol. The summed E-state index contributed by atoms with van der Waals surface area (Å²) in [6, 6.07) is 11.7. The number of piperidine rings is 1. The molecule has 1 aliphatic rings. The average molecular weight is 516 g/mol. The number of nitrogens with zero attached hydrogens (tertiary/aromatic N) is 5. The van der Waals surface area contributed by atoms with E-state index >= 15 is 0 Å². The van der Waals surface area contributed by atoms with E-state index < -0.39 is 5.60 Å². The van der Waals surface area contributed by atoms with Crippen molar-refractivity contribution in [3.05, 3.63) is 54.6 Å². The van der Waals surface area contributed by atoms with Crippen LogP contribution >= 0.6 is 0 Å².